The van der Waals surface area contributed by atoms with Crippen molar-refractivity contribution >= 4 is 61.4 Å². The van der Waals surface area contributed by atoms with E-state index in [0.29, 0.717) is 0 Å². The maximum atomic E-state index is 2.71. The summed E-state index contributed by atoms with van der Waals surface area (Å²) in [6.07, 6.45) is 4.68. The number of nitrogens with zero attached hydrogens (tertiary/aromatic N) is 2. The number of aryl methyl sites for hydroxylation is 1. The van der Waals surface area contributed by atoms with Crippen LogP contribution in [0.2, 0.25) is 0 Å². The van der Waals surface area contributed by atoms with Gasteiger partial charge in [0.25, 0.3) is 0 Å². The van der Waals surface area contributed by atoms with Crippen molar-refractivity contribution in [3.63, 3.8) is 0 Å². The van der Waals surface area contributed by atoms with Gasteiger partial charge in [0.15, 0.2) is 0 Å². The van der Waals surface area contributed by atoms with Gasteiger partial charge in [-0.15, -0.1) is 0 Å². The molecule has 1 aliphatic rings. The van der Waals surface area contributed by atoms with Crippen molar-refractivity contribution in [1.82, 2.24) is 9.05 Å². The lowest BCUT2D eigenvalue weighted by Gasteiger charge is -2.30. The number of hydrogen-bond donors (Lipinski definition) is 0. The topological polar surface area (TPSA) is 9.86 Å². The highest BCUT2D eigenvalue weighted by molar-refractivity contribution is 6.88. The van der Waals surface area contributed by atoms with Crippen LogP contribution in [0, 0.1) is 0 Å². The van der Waals surface area contributed by atoms with Gasteiger partial charge >= 0.3 is 6.85 Å². The zero-order valence-electron chi connectivity index (χ0n) is 31.7. The van der Waals surface area contributed by atoms with Crippen LogP contribution in [-0.2, 0) is 11.8 Å². The minimum absolute atomic E-state index is 0.0162. The summed E-state index contributed by atoms with van der Waals surface area (Å²) in [5, 5.41) is 5.26. The fourth-order valence-electron chi connectivity index (χ4n) is 9.27. The fraction of sp³-hybridized carbons (Fsp3) is 0.176. The number of para-hydroxylation sites is 1. The summed E-state index contributed by atoms with van der Waals surface area (Å²) in [6.45, 7) is 9.26. The number of unbranched alkanes of at least 4 members (excludes halogenated alkanes) is 2. The zero-order valence-corrected chi connectivity index (χ0v) is 31.7. The maximum Gasteiger partial charge on any atom is 0.332 e. The first kappa shape index (κ1) is 32.8. The van der Waals surface area contributed by atoms with Gasteiger partial charge in [-0.1, -0.05) is 168 Å². The molecule has 0 spiro atoms. The van der Waals surface area contributed by atoms with E-state index in [9.17, 15) is 0 Å². The maximum absolute atomic E-state index is 2.71. The molecule has 54 heavy (non-hydrogen) atoms. The summed E-state index contributed by atoms with van der Waals surface area (Å²) < 4.78 is 5.32. The van der Waals surface area contributed by atoms with Gasteiger partial charge in [-0.25, -0.2) is 0 Å². The van der Waals surface area contributed by atoms with Crippen LogP contribution in [0.4, 0.5) is 0 Å². The second-order valence-electron chi connectivity index (χ2n) is 16.3. The first-order valence-corrected chi connectivity index (χ1v) is 19.8. The monoisotopic (exact) mass is 696 g/mol. The van der Waals surface area contributed by atoms with E-state index >= 15 is 0 Å². The number of benzene rings is 7. The van der Waals surface area contributed by atoms with Gasteiger partial charge in [-0.3, -0.25) is 0 Å². The third kappa shape index (κ3) is 5.09. The largest absolute Gasteiger partial charge is 0.376 e. The lowest BCUT2D eigenvalue weighted by Crippen LogP contribution is -2.54. The highest BCUT2D eigenvalue weighted by Gasteiger charge is 2.38. The minimum atomic E-state index is -0.0162. The molecule has 0 unspecified atom stereocenters. The van der Waals surface area contributed by atoms with Crippen LogP contribution < -0.4 is 10.9 Å². The molecule has 7 aromatic carbocycles. The molecular weight excluding hydrogens is 651 g/mol. The SMILES string of the molecule is CCCCCc1ccc2c3ccc(C(C)(C)C)cc3n3c2c1B(n1c2cc(-c4ccccc4)ccc2c2ccc(-c4ccccc4)cc21)c1ccccc1-3. The molecule has 0 radical (unpaired) electrons. The van der Waals surface area contributed by atoms with Crippen LogP contribution in [-0.4, -0.2) is 15.9 Å². The second-order valence-corrected chi connectivity index (χ2v) is 16.3. The van der Waals surface area contributed by atoms with Gasteiger partial charge in [0.05, 0.1) is 11.0 Å². The third-order valence-electron chi connectivity index (χ3n) is 12.0. The molecule has 3 heterocycles. The minimum Gasteiger partial charge on any atom is -0.376 e. The average molecular weight is 697 g/mol. The van der Waals surface area contributed by atoms with Crippen molar-refractivity contribution in [2.45, 2.75) is 58.8 Å². The van der Waals surface area contributed by atoms with Gasteiger partial charge < -0.3 is 9.05 Å². The molecule has 262 valence electrons. The van der Waals surface area contributed by atoms with Crippen molar-refractivity contribution in [3.8, 4) is 27.9 Å². The molecule has 2 aromatic heterocycles. The Balaban J connectivity index is 1.36. The summed E-state index contributed by atoms with van der Waals surface area (Å²) >= 11 is 0. The van der Waals surface area contributed by atoms with Gasteiger partial charge in [0.2, 0.25) is 0 Å². The Morgan fingerprint density at radius 1 is 0.519 bits per heavy atom. The molecule has 0 aliphatic carbocycles. The predicted molar refractivity (Wildman–Crippen MR) is 233 cm³/mol. The molecule has 0 atom stereocenters. The molecule has 10 rings (SSSR count). The van der Waals surface area contributed by atoms with E-state index in [1.165, 1.54) is 113 Å². The summed E-state index contributed by atoms with van der Waals surface area (Å²) in [5.74, 6) is 0. The van der Waals surface area contributed by atoms with Crippen LogP contribution in [0.15, 0.2) is 152 Å². The quantitative estimate of drug-likeness (QED) is 0.116. The fourth-order valence-corrected chi connectivity index (χ4v) is 9.27. The molecule has 0 saturated heterocycles. The molecule has 0 fully saturated rings. The molecule has 2 nitrogen and oxygen atoms in total. The molecule has 0 amide bonds. The standard InChI is InChI=1S/C51H45BN2/c1-5-6-9-20-36-23-29-43-42-30-26-39(51(2,3)4)33-46(42)53-45-22-15-14-21-44(45)52(49(36)50(43)53)54-47-31-37(34-16-10-7-11-17-34)24-27-40(47)41-28-25-38(32-48(41)54)35-18-12-8-13-19-35/h7-8,10-19,21-33H,5-6,9,20H2,1-4H3. The van der Waals surface area contributed by atoms with E-state index < -0.39 is 0 Å². The lowest BCUT2D eigenvalue weighted by atomic mass is 9.47. The van der Waals surface area contributed by atoms with Crippen LogP contribution in [0.1, 0.15) is 58.1 Å². The van der Waals surface area contributed by atoms with Crippen molar-refractivity contribution in [2.75, 3.05) is 0 Å². The second kappa shape index (κ2) is 12.7. The average Bonchev–Trinajstić information content (AvgIpc) is 3.71. The first-order chi connectivity index (χ1) is 26.4. The van der Waals surface area contributed by atoms with E-state index in [4.69, 9.17) is 0 Å². The van der Waals surface area contributed by atoms with E-state index in [1.807, 2.05) is 0 Å². The van der Waals surface area contributed by atoms with Gasteiger partial charge in [0.1, 0.15) is 0 Å². The van der Waals surface area contributed by atoms with Crippen molar-refractivity contribution in [1.29, 1.82) is 0 Å². The summed E-state index contributed by atoms with van der Waals surface area (Å²) in [7, 11) is 0. The summed E-state index contributed by atoms with van der Waals surface area (Å²) in [4.78, 5) is 0. The van der Waals surface area contributed by atoms with Crippen molar-refractivity contribution in [2.24, 2.45) is 0 Å². The number of fused-ring (bicyclic) bond motifs is 8. The smallest absolute Gasteiger partial charge is 0.332 e. The molecule has 0 N–H and O–H groups in total. The van der Waals surface area contributed by atoms with Gasteiger partial charge in [-0.05, 0) is 86.8 Å². The third-order valence-corrected chi connectivity index (χ3v) is 12.0. The van der Waals surface area contributed by atoms with Gasteiger partial charge in [0, 0.05) is 38.3 Å². The van der Waals surface area contributed by atoms with Crippen molar-refractivity contribution in [3.05, 3.63) is 163 Å². The highest BCUT2D eigenvalue weighted by atomic mass is 15.0. The normalized spacial score (nSPS) is 12.7. The molecule has 0 saturated carbocycles. The Hall–Kier alpha value is -5.80. The van der Waals surface area contributed by atoms with Crippen LogP contribution >= 0.6 is 0 Å². The Bertz CT molecular complexity index is 2770. The summed E-state index contributed by atoms with van der Waals surface area (Å²) in [5.41, 5.74) is 17.1. The Kier molecular flexibility index (Phi) is 7.70. The lowest BCUT2D eigenvalue weighted by molar-refractivity contribution is 0.591. The number of hydrogen-bond acceptors (Lipinski definition) is 0. The molecule has 9 aromatic rings. The summed E-state index contributed by atoms with van der Waals surface area (Å²) in [6, 6.07) is 57.3. The zero-order chi connectivity index (χ0) is 36.6. The van der Waals surface area contributed by atoms with Crippen LogP contribution in [0.3, 0.4) is 0 Å². The molecule has 1 aliphatic heterocycles. The number of rotatable bonds is 7. The molecule has 3 heteroatoms. The van der Waals surface area contributed by atoms with E-state index in [2.05, 4.69) is 188 Å². The Morgan fingerprint density at radius 2 is 1.09 bits per heavy atom. The van der Waals surface area contributed by atoms with Crippen molar-refractivity contribution < 1.29 is 0 Å². The molecular formula is C51H45BN2. The number of aromatic nitrogens is 2. The Morgan fingerprint density at radius 3 is 1.72 bits per heavy atom. The van der Waals surface area contributed by atoms with E-state index in [1.54, 1.807) is 0 Å². The van der Waals surface area contributed by atoms with Crippen LogP contribution in [0.25, 0.3) is 71.6 Å². The van der Waals surface area contributed by atoms with Crippen LogP contribution in [0.5, 0.6) is 0 Å². The highest BCUT2D eigenvalue weighted by Crippen LogP contribution is 2.40. The Labute approximate surface area is 318 Å². The first-order valence-electron chi connectivity index (χ1n) is 19.8. The molecule has 0 bridgehead atoms. The van der Waals surface area contributed by atoms with E-state index in [-0.39, 0.29) is 12.3 Å². The predicted octanol–water partition coefficient (Wildman–Crippen LogP) is 12.2. The van der Waals surface area contributed by atoms with E-state index in [0.717, 1.165) is 6.42 Å². The van der Waals surface area contributed by atoms with Gasteiger partial charge in [-0.2, -0.15) is 0 Å².